The van der Waals surface area contributed by atoms with Gasteiger partial charge in [0, 0.05) is 78.7 Å². The van der Waals surface area contributed by atoms with Gasteiger partial charge in [0.25, 0.3) is 0 Å². The third kappa shape index (κ3) is 14.9. The first kappa shape index (κ1) is 82.5. The molecule has 4 heterocycles. The molecule has 0 fully saturated rings. The van der Waals surface area contributed by atoms with Crippen molar-refractivity contribution in [1.29, 1.82) is 0 Å². The van der Waals surface area contributed by atoms with Gasteiger partial charge in [-0.3, -0.25) is 0 Å². The molecule has 2 nitrogen and oxygen atoms in total. The quantitative estimate of drug-likeness (QED) is 0.0968. The first-order valence-electron chi connectivity index (χ1n) is 47.9. The second kappa shape index (κ2) is 34.4. The van der Waals surface area contributed by atoms with Crippen LogP contribution in [0.25, 0.3) is 251 Å². The Bertz CT molecular complexity index is 9270. The van der Waals surface area contributed by atoms with E-state index in [2.05, 4.69) is 533 Å². The van der Waals surface area contributed by atoms with Crippen LogP contribution in [0.15, 0.2) is 510 Å². The molecule has 0 amide bonds. The maximum Gasteiger partial charge on any atom is 0.0541 e. The Balaban J connectivity index is 0.000000143. The Hall–Kier alpha value is -17.1. The summed E-state index contributed by atoms with van der Waals surface area (Å²) in [6.45, 7) is 4.72. The number of aromatic nitrogens is 2. The summed E-state index contributed by atoms with van der Waals surface area (Å²) in [7, 11) is 0. The van der Waals surface area contributed by atoms with Crippen molar-refractivity contribution in [3.8, 4) is 167 Å². The molecular formula is C135H90N2S2. The number of nitrogens with zero attached hydrogens (tertiary/aromatic N) is 2. The van der Waals surface area contributed by atoms with E-state index in [9.17, 15) is 0 Å². The Morgan fingerprint density at radius 2 is 0.403 bits per heavy atom. The van der Waals surface area contributed by atoms with Crippen molar-refractivity contribution in [2.45, 2.75) is 19.3 Å². The van der Waals surface area contributed by atoms with Gasteiger partial charge in [0.2, 0.25) is 0 Å². The summed E-state index contributed by atoms with van der Waals surface area (Å²) in [5.74, 6) is 0. The zero-order valence-corrected chi connectivity index (χ0v) is 78.3. The first-order chi connectivity index (χ1) is 68.6. The van der Waals surface area contributed by atoms with Gasteiger partial charge < -0.3 is 9.13 Å². The van der Waals surface area contributed by atoms with Crippen LogP contribution >= 0.6 is 22.7 Å². The fraction of sp³-hybridized carbons (Fsp3) is 0.0222. The van der Waals surface area contributed by atoms with Crippen LogP contribution in [-0.2, 0) is 5.41 Å². The number of fused-ring (bicyclic) bond motifs is 15. The second-order valence-electron chi connectivity index (χ2n) is 37.4. The number of hydrogen-bond donors (Lipinski definition) is 0. The fourth-order valence-electron chi connectivity index (χ4n) is 21.7. The van der Waals surface area contributed by atoms with Crippen LogP contribution in [0.3, 0.4) is 0 Å². The summed E-state index contributed by atoms with van der Waals surface area (Å²) >= 11 is 3.78. The summed E-state index contributed by atoms with van der Waals surface area (Å²) in [6, 6.07) is 188. The molecular weight excluding hydrogens is 1710 g/mol. The normalized spacial score (nSPS) is 12.2. The van der Waals surface area contributed by atoms with E-state index in [-0.39, 0.29) is 5.41 Å². The zero-order valence-electron chi connectivity index (χ0n) is 76.7. The zero-order chi connectivity index (χ0) is 92.2. The molecule has 0 saturated carbocycles. The van der Waals surface area contributed by atoms with Gasteiger partial charge in [-0.2, -0.15) is 0 Å². The maximum absolute atomic E-state index is 2.44. The van der Waals surface area contributed by atoms with E-state index in [1.807, 2.05) is 22.7 Å². The number of benzene rings is 22. The SMILES string of the molecule is CC1(C)c2ccccc2-c2ccc(-c3ccc(-c4cc(-c5ccc6sc7c(-c8ccccc8)cccc7c6c5)cc(-c5ccc6c(c5)c5cc(-c7ccccc7)ccc5n6-c5ccccc5)c4)cc3)cc21.c1ccc(-c2ccc(-c3cc(-c4ccc5sc6c(-c7ccccc7)cccc6c5c4)cc(-c4ccc5c(c4)c4cc(-c6ccccc6)ccc4n5-c4cccc(-c5ccccc5)c4)c3)cc2)cc1. The van der Waals surface area contributed by atoms with E-state index < -0.39 is 0 Å². The van der Waals surface area contributed by atoms with Crippen molar-refractivity contribution >= 4 is 107 Å². The summed E-state index contributed by atoms with van der Waals surface area (Å²) in [5, 5.41) is 10.1. The van der Waals surface area contributed by atoms with Gasteiger partial charge >= 0.3 is 0 Å². The number of thiophene rings is 2. The van der Waals surface area contributed by atoms with Crippen LogP contribution < -0.4 is 0 Å². The molecule has 1 aliphatic carbocycles. The van der Waals surface area contributed by atoms with E-state index >= 15 is 0 Å². The molecule has 1 aliphatic rings. The van der Waals surface area contributed by atoms with E-state index in [1.54, 1.807) is 0 Å². The molecule has 0 atom stereocenters. The summed E-state index contributed by atoms with van der Waals surface area (Å²) in [5.41, 5.74) is 44.0. The van der Waals surface area contributed by atoms with Gasteiger partial charge in [0.1, 0.15) is 0 Å². The van der Waals surface area contributed by atoms with E-state index in [1.165, 1.54) is 251 Å². The number of rotatable bonds is 15. The van der Waals surface area contributed by atoms with Crippen LogP contribution in [0.4, 0.5) is 0 Å². The highest BCUT2D eigenvalue weighted by molar-refractivity contribution is 7.26. The highest BCUT2D eigenvalue weighted by Gasteiger charge is 2.36. The van der Waals surface area contributed by atoms with Crippen LogP contribution in [-0.4, -0.2) is 9.13 Å². The maximum atomic E-state index is 2.44. The molecule has 4 aromatic heterocycles. The third-order valence-corrected chi connectivity index (χ3v) is 31.2. The molecule has 652 valence electrons. The van der Waals surface area contributed by atoms with Gasteiger partial charge in [0.05, 0.1) is 22.1 Å². The minimum absolute atomic E-state index is 0.0507. The molecule has 0 unspecified atom stereocenters. The molecule has 139 heavy (non-hydrogen) atoms. The number of hydrogen-bond acceptors (Lipinski definition) is 2. The Morgan fingerprint density at radius 3 is 0.813 bits per heavy atom. The topological polar surface area (TPSA) is 9.86 Å². The standard InChI is InChI=1S/C69H47NS.C66H43NS/c1-69(2)63-24-13-12-21-57(63)58-33-29-51(43-64(58)69)45-25-27-46(28-26-45)52-37-53(39-54(38-52)50-32-36-67-62(42-50)59-23-14-22-56(68(59)71-67)47-17-8-4-9-18-47)49-31-35-66-61(41-49)60-40-48(44-15-6-3-7-16-44)30-34-65(60)70(66)55-19-10-5-11-20-55;1-5-15-44(16-6-1)47-27-29-48(30-28-47)54-37-55(39-56(38-54)53-33-36-65-62(43-53)59-26-14-25-58(66(59)68-65)49-21-11-4-12-22-49)52-32-35-64-61(42-52)60-41-51(46-19-9-3-10-20-46)31-34-63(60)67(64)57-24-13-23-50(40-57)45-17-7-2-8-18-45/h3-43H,1-2H3;1-43H. The minimum atomic E-state index is -0.0507. The van der Waals surface area contributed by atoms with Crippen molar-refractivity contribution in [2.24, 2.45) is 0 Å². The lowest BCUT2D eigenvalue weighted by Gasteiger charge is -2.22. The van der Waals surface area contributed by atoms with Gasteiger partial charge in [-0.1, -0.05) is 384 Å². The van der Waals surface area contributed by atoms with E-state index in [0.717, 1.165) is 11.4 Å². The molecule has 0 aliphatic heterocycles. The van der Waals surface area contributed by atoms with Crippen LogP contribution in [0.2, 0.25) is 0 Å². The highest BCUT2D eigenvalue weighted by atomic mass is 32.1. The van der Waals surface area contributed by atoms with Crippen LogP contribution in [0.1, 0.15) is 25.0 Å². The number of para-hydroxylation sites is 1. The molecule has 0 saturated heterocycles. The van der Waals surface area contributed by atoms with Crippen LogP contribution in [0.5, 0.6) is 0 Å². The molecule has 4 heteroatoms. The van der Waals surface area contributed by atoms with Gasteiger partial charge in [-0.15, -0.1) is 22.7 Å². The smallest absolute Gasteiger partial charge is 0.0541 e. The first-order valence-corrected chi connectivity index (χ1v) is 49.6. The Morgan fingerprint density at radius 1 is 0.151 bits per heavy atom. The minimum Gasteiger partial charge on any atom is -0.309 e. The predicted octanol–water partition coefficient (Wildman–Crippen LogP) is 38.3. The molecule has 26 aromatic rings. The summed E-state index contributed by atoms with van der Waals surface area (Å²) in [6.07, 6.45) is 0. The van der Waals surface area contributed by atoms with Crippen LogP contribution in [0, 0.1) is 0 Å². The average molecular weight is 1800 g/mol. The van der Waals surface area contributed by atoms with E-state index in [4.69, 9.17) is 0 Å². The van der Waals surface area contributed by atoms with Crippen molar-refractivity contribution in [2.75, 3.05) is 0 Å². The average Bonchev–Trinajstić information content (AvgIpc) is 1.59. The summed E-state index contributed by atoms with van der Waals surface area (Å²) in [4.78, 5) is 0. The van der Waals surface area contributed by atoms with Crippen molar-refractivity contribution in [3.05, 3.63) is 521 Å². The lowest BCUT2D eigenvalue weighted by atomic mass is 9.81. The molecule has 0 N–H and O–H groups in total. The van der Waals surface area contributed by atoms with Gasteiger partial charge in [0.15, 0.2) is 0 Å². The Kier molecular flexibility index (Phi) is 20.4. The molecule has 0 spiro atoms. The van der Waals surface area contributed by atoms with Crippen molar-refractivity contribution in [3.63, 3.8) is 0 Å². The lowest BCUT2D eigenvalue weighted by Crippen LogP contribution is -2.14. The monoisotopic (exact) mass is 1800 g/mol. The highest BCUT2D eigenvalue weighted by Crippen LogP contribution is 2.52. The van der Waals surface area contributed by atoms with Gasteiger partial charge in [-0.05, 0) is 306 Å². The summed E-state index contributed by atoms with van der Waals surface area (Å²) < 4.78 is 10.1. The second-order valence-corrected chi connectivity index (χ2v) is 39.5. The predicted molar refractivity (Wildman–Crippen MR) is 596 cm³/mol. The lowest BCUT2D eigenvalue weighted by molar-refractivity contribution is 0.660. The van der Waals surface area contributed by atoms with E-state index in [0.29, 0.717) is 0 Å². The molecule has 0 radical (unpaired) electrons. The molecule has 27 rings (SSSR count). The fourth-order valence-corrected chi connectivity index (χ4v) is 24.2. The third-order valence-electron chi connectivity index (χ3n) is 28.8. The Labute approximate surface area is 816 Å². The van der Waals surface area contributed by atoms with Gasteiger partial charge in [-0.25, -0.2) is 0 Å². The molecule has 0 bridgehead atoms. The van der Waals surface area contributed by atoms with Crippen molar-refractivity contribution < 1.29 is 0 Å². The largest absolute Gasteiger partial charge is 0.309 e. The van der Waals surface area contributed by atoms with Crippen molar-refractivity contribution in [1.82, 2.24) is 9.13 Å². The molecule has 22 aromatic carbocycles.